The number of aromatic nitrogens is 1. The lowest BCUT2D eigenvalue weighted by molar-refractivity contribution is -0.116. The van der Waals surface area contributed by atoms with Crippen LogP contribution in [0.1, 0.15) is 42.9 Å². The normalized spacial score (nSPS) is 15.2. The summed E-state index contributed by atoms with van der Waals surface area (Å²) >= 11 is 5.88. The predicted octanol–water partition coefficient (Wildman–Crippen LogP) is 8.17. The Hall–Kier alpha value is -4.30. The van der Waals surface area contributed by atoms with Gasteiger partial charge in [0.15, 0.2) is 5.82 Å². The van der Waals surface area contributed by atoms with Crippen molar-refractivity contribution in [3.05, 3.63) is 101 Å². The number of hydrogen-bond acceptors (Lipinski definition) is 4. The summed E-state index contributed by atoms with van der Waals surface area (Å²) in [6, 6.07) is 19.0. The first kappa shape index (κ1) is 27.3. The van der Waals surface area contributed by atoms with Crippen molar-refractivity contribution in [2.24, 2.45) is 0 Å². The average molecular weight is 562 g/mol. The number of rotatable bonds is 3. The van der Waals surface area contributed by atoms with Crippen molar-refractivity contribution in [3.8, 4) is 22.3 Å². The zero-order chi connectivity index (χ0) is 28.2. The molecule has 1 aromatic heterocycles. The highest BCUT2D eigenvalue weighted by molar-refractivity contribution is 6.31. The molecule has 0 spiro atoms. The third-order valence-electron chi connectivity index (χ3n) is 6.95. The molecule has 2 N–H and O–H groups in total. The van der Waals surface area contributed by atoms with Crippen molar-refractivity contribution >= 4 is 35.0 Å². The Kier molecular flexibility index (Phi) is 8.07. The molecule has 6 nitrogen and oxygen atoms in total. The smallest absolute Gasteiger partial charge is 0.411 e. The lowest BCUT2D eigenvalue weighted by Gasteiger charge is -2.21. The molecule has 4 aromatic rings. The number of amides is 2. The molecule has 2 amide bonds. The highest BCUT2D eigenvalue weighted by Crippen LogP contribution is 2.37. The van der Waals surface area contributed by atoms with Gasteiger partial charge in [-0.1, -0.05) is 54.4 Å². The second-order valence-electron chi connectivity index (χ2n) is 9.54. The van der Waals surface area contributed by atoms with Crippen LogP contribution in [0, 0.1) is 11.6 Å². The average Bonchev–Trinajstić information content (AvgIpc) is 2.95. The Balaban J connectivity index is 1.53. The van der Waals surface area contributed by atoms with E-state index in [1.54, 1.807) is 24.3 Å². The van der Waals surface area contributed by atoms with E-state index in [0.717, 1.165) is 41.3 Å². The summed E-state index contributed by atoms with van der Waals surface area (Å²) in [5, 5.41) is 5.45. The summed E-state index contributed by atoms with van der Waals surface area (Å²) < 4.78 is 33.7. The van der Waals surface area contributed by atoms with Crippen LogP contribution in [0.2, 0.25) is 5.02 Å². The van der Waals surface area contributed by atoms with Gasteiger partial charge in [-0.3, -0.25) is 15.1 Å². The number of fused-ring (bicyclic) bond motifs is 4. The van der Waals surface area contributed by atoms with Gasteiger partial charge in [-0.2, -0.15) is 0 Å². The molecule has 1 atom stereocenters. The fourth-order valence-electron chi connectivity index (χ4n) is 4.95. The van der Waals surface area contributed by atoms with E-state index in [9.17, 15) is 18.4 Å². The predicted molar refractivity (Wildman–Crippen MR) is 151 cm³/mol. The molecule has 9 heteroatoms. The minimum absolute atomic E-state index is 0.103. The van der Waals surface area contributed by atoms with Gasteiger partial charge in [0, 0.05) is 41.0 Å². The van der Waals surface area contributed by atoms with Crippen LogP contribution in [-0.2, 0) is 9.53 Å². The molecule has 5 rings (SSSR count). The van der Waals surface area contributed by atoms with E-state index in [1.165, 1.54) is 19.4 Å². The Morgan fingerprint density at radius 2 is 1.90 bits per heavy atom. The molecule has 40 heavy (non-hydrogen) atoms. The SMILES string of the molecule is COC(=O)Nc1ccc2c(c1)NC(=O)CCCCC(c1ccc(-c3c(F)ccc(Cl)c3F)cn1)c1cccc-2c1. The van der Waals surface area contributed by atoms with Crippen molar-refractivity contribution < 1.29 is 23.1 Å². The molecule has 0 radical (unpaired) electrons. The van der Waals surface area contributed by atoms with E-state index in [1.807, 2.05) is 24.3 Å². The Morgan fingerprint density at radius 3 is 2.67 bits per heavy atom. The second kappa shape index (κ2) is 11.8. The molecule has 0 saturated heterocycles. The van der Waals surface area contributed by atoms with Crippen LogP contribution >= 0.6 is 11.6 Å². The highest BCUT2D eigenvalue weighted by atomic mass is 35.5. The fourth-order valence-corrected chi connectivity index (χ4v) is 5.11. The second-order valence-corrected chi connectivity index (χ2v) is 9.95. The van der Waals surface area contributed by atoms with Crippen molar-refractivity contribution in [2.75, 3.05) is 17.7 Å². The Labute approximate surface area is 235 Å². The summed E-state index contributed by atoms with van der Waals surface area (Å²) in [5.41, 5.74) is 4.59. The number of nitrogens with one attached hydrogen (secondary N) is 2. The molecule has 1 aliphatic heterocycles. The first-order valence-corrected chi connectivity index (χ1v) is 13.2. The number of hydrogen-bond donors (Lipinski definition) is 2. The molecule has 0 fully saturated rings. The molecular weight excluding hydrogens is 536 g/mol. The number of methoxy groups -OCH3 is 1. The van der Waals surface area contributed by atoms with Gasteiger partial charge in [0.25, 0.3) is 0 Å². The Bertz CT molecular complexity index is 1580. The maximum absolute atomic E-state index is 14.6. The van der Waals surface area contributed by atoms with Crippen LogP contribution in [0.3, 0.4) is 0 Å². The van der Waals surface area contributed by atoms with E-state index in [2.05, 4.69) is 26.4 Å². The molecule has 3 aromatic carbocycles. The van der Waals surface area contributed by atoms with E-state index in [4.69, 9.17) is 11.6 Å². The number of pyridine rings is 1. The van der Waals surface area contributed by atoms with Gasteiger partial charge in [0.2, 0.25) is 5.91 Å². The third-order valence-corrected chi connectivity index (χ3v) is 7.24. The minimum atomic E-state index is -0.822. The van der Waals surface area contributed by atoms with Gasteiger partial charge >= 0.3 is 6.09 Å². The van der Waals surface area contributed by atoms with Crippen LogP contribution < -0.4 is 10.6 Å². The van der Waals surface area contributed by atoms with Crippen molar-refractivity contribution in [2.45, 2.75) is 31.6 Å². The molecule has 0 saturated carbocycles. The van der Waals surface area contributed by atoms with E-state index in [-0.39, 0.29) is 22.4 Å². The van der Waals surface area contributed by atoms with Gasteiger partial charge in [-0.25, -0.2) is 13.6 Å². The maximum atomic E-state index is 14.6. The van der Waals surface area contributed by atoms with E-state index >= 15 is 0 Å². The number of halogens is 3. The van der Waals surface area contributed by atoms with Crippen LogP contribution in [0.4, 0.5) is 25.0 Å². The molecule has 2 bridgehead atoms. The monoisotopic (exact) mass is 561 g/mol. The van der Waals surface area contributed by atoms with Crippen molar-refractivity contribution in [1.29, 1.82) is 0 Å². The highest BCUT2D eigenvalue weighted by Gasteiger charge is 2.21. The number of nitrogens with zero attached hydrogens (tertiary/aromatic N) is 1. The largest absolute Gasteiger partial charge is 0.453 e. The molecular formula is C31H26ClF2N3O3. The number of anilines is 2. The van der Waals surface area contributed by atoms with Gasteiger partial charge < -0.3 is 10.1 Å². The van der Waals surface area contributed by atoms with Crippen LogP contribution in [0.25, 0.3) is 22.3 Å². The summed E-state index contributed by atoms with van der Waals surface area (Å²) in [6.45, 7) is 0. The van der Waals surface area contributed by atoms with Gasteiger partial charge in [0.05, 0.1) is 23.4 Å². The van der Waals surface area contributed by atoms with Gasteiger partial charge in [-0.15, -0.1) is 0 Å². The van der Waals surface area contributed by atoms with Crippen LogP contribution in [-0.4, -0.2) is 24.1 Å². The zero-order valence-corrected chi connectivity index (χ0v) is 22.4. The summed E-state index contributed by atoms with van der Waals surface area (Å²) in [6.07, 6.45) is 3.34. The summed E-state index contributed by atoms with van der Waals surface area (Å²) in [7, 11) is 1.28. The van der Waals surface area contributed by atoms with E-state index in [0.29, 0.717) is 29.8 Å². The fraction of sp³-hybridized carbons (Fsp3) is 0.194. The number of benzene rings is 3. The standard InChI is InChI=1S/C31H26ClF2N3O3/c1-40-31(39)36-21-10-11-23-19-6-4-5-18(15-19)22(7-2-3-8-28(38)37-27(23)16-21)26-14-9-20(17-35-26)29-25(33)13-12-24(32)30(29)34/h4-6,9-17,22H,2-3,7-8H2,1H3,(H,36,39)(H,37,38). The van der Waals surface area contributed by atoms with Crippen LogP contribution in [0.5, 0.6) is 0 Å². The first-order valence-electron chi connectivity index (χ1n) is 12.8. The van der Waals surface area contributed by atoms with Crippen LogP contribution in [0.15, 0.2) is 72.9 Å². The number of carbonyl (C=O) groups excluding carboxylic acids is 2. The number of carbonyl (C=O) groups is 2. The topological polar surface area (TPSA) is 80.3 Å². The zero-order valence-electron chi connectivity index (χ0n) is 21.6. The maximum Gasteiger partial charge on any atom is 0.411 e. The lowest BCUT2D eigenvalue weighted by atomic mass is 9.87. The summed E-state index contributed by atoms with van der Waals surface area (Å²) in [5.74, 6) is -1.76. The molecule has 204 valence electrons. The number of ether oxygens (including phenoxy) is 1. The first-order chi connectivity index (χ1) is 19.3. The van der Waals surface area contributed by atoms with Gasteiger partial charge in [0.1, 0.15) is 5.82 Å². The lowest BCUT2D eigenvalue weighted by Crippen LogP contribution is -2.14. The molecule has 0 aliphatic carbocycles. The quantitative estimate of drug-likeness (QED) is 0.247. The van der Waals surface area contributed by atoms with Crippen molar-refractivity contribution in [1.82, 2.24) is 4.98 Å². The molecule has 2 heterocycles. The molecule has 1 aliphatic rings. The van der Waals surface area contributed by atoms with Crippen molar-refractivity contribution in [3.63, 3.8) is 0 Å². The minimum Gasteiger partial charge on any atom is -0.453 e. The van der Waals surface area contributed by atoms with Gasteiger partial charge in [-0.05, 0) is 54.3 Å². The Morgan fingerprint density at radius 1 is 1.05 bits per heavy atom. The molecule has 1 unspecified atom stereocenters. The van der Waals surface area contributed by atoms with E-state index < -0.39 is 17.7 Å². The summed E-state index contributed by atoms with van der Waals surface area (Å²) in [4.78, 5) is 29.1. The third kappa shape index (κ3) is 5.82.